The van der Waals surface area contributed by atoms with Gasteiger partial charge in [0.05, 0.1) is 5.56 Å². The summed E-state index contributed by atoms with van der Waals surface area (Å²) in [5.41, 5.74) is -0.764. The highest BCUT2D eigenvalue weighted by molar-refractivity contribution is 5.77. The maximum atomic E-state index is 12.5. The number of piperazine rings is 1. The molecule has 21 heavy (non-hydrogen) atoms. The number of hydrogen-bond acceptors (Lipinski definition) is 4. The minimum absolute atomic E-state index is 0.0402. The summed E-state index contributed by atoms with van der Waals surface area (Å²) >= 11 is 0. The first-order valence-corrected chi connectivity index (χ1v) is 6.46. The number of alkyl halides is 3. The molecule has 1 aromatic rings. The lowest BCUT2D eigenvalue weighted by atomic mass is 10.2. The Morgan fingerprint density at radius 2 is 1.95 bits per heavy atom. The molecule has 5 nitrogen and oxygen atoms in total. The molecule has 0 aliphatic carbocycles. The van der Waals surface area contributed by atoms with E-state index in [4.69, 9.17) is 4.74 Å². The Kier molecular flexibility index (Phi) is 4.66. The second-order valence-corrected chi connectivity index (χ2v) is 4.70. The number of amides is 1. The van der Waals surface area contributed by atoms with Crippen LogP contribution in [0.4, 0.5) is 19.0 Å². The lowest BCUT2D eigenvalue weighted by molar-refractivity contribution is -0.138. The second kappa shape index (κ2) is 6.30. The smallest absolute Gasteiger partial charge is 0.375 e. The third kappa shape index (κ3) is 3.84. The van der Waals surface area contributed by atoms with Crippen LogP contribution in [0.1, 0.15) is 5.56 Å². The molecule has 0 aromatic carbocycles. The molecular formula is C13H16F3N3O2. The van der Waals surface area contributed by atoms with E-state index in [0.29, 0.717) is 32.0 Å². The van der Waals surface area contributed by atoms with E-state index in [1.54, 1.807) is 4.90 Å². The van der Waals surface area contributed by atoms with E-state index in [2.05, 4.69) is 4.98 Å². The molecule has 1 amide bonds. The van der Waals surface area contributed by atoms with Crippen LogP contribution >= 0.6 is 0 Å². The van der Waals surface area contributed by atoms with Crippen molar-refractivity contribution < 1.29 is 22.7 Å². The summed E-state index contributed by atoms with van der Waals surface area (Å²) in [4.78, 5) is 19.0. The maximum absolute atomic E-state index is 12.5. The number of hydrogen-bond donors (Lipinski definition) is 0. The fourth-order valence-electron chi connectivity index (χ4n) is 2.14. The topological polar surface area (TPSA) is 45.7 Å². The first kappa shape index (κ1) is 15.6. The van der Waals surface area contributed by atoms with Crippen LogP contribution in [0.2, 0.25) is 0 Å². The Morgan fingerprint density at radius 1 is 1.29 bits per heavy atom. The minimum atomic E-state index is -4.38. The van der Waals surface area contributed by atoms with E-state index in [0.717, 1.165) is 12.3 Å². The Bertz CT molecular complexity index is 482. The average Bonchev–Trinajstić information content (AvgIpc) is 2.47. The molecule has 1 aliphatic rings. The van der Waals surface area contributed by atoms with Crippen molar-refractivity contribution in [3.05, 3.63) is 23.9 Å². The van der Waals surface area contributed by atoms with Crippen LogP contribution in [0.25, 0.3) is 0 Å². The largest absolute Gasteiger partial charge is 0.417 e. The van der Waals surface area contributed by atoms with Crippen molar-refractivity contribution in [1.29, 1.82) is 0 Å². The monoisotopic (exact) mass is 303 g/mol. The maximum Gasteiger partial charge on any atom is 0.417 e. The molecule has 0 saturated carbocycles. The number of anilines is 1. The molecule has 2 heterocycles. The van der Waals surface area contributed by atoms with Crippen molar-refractivity contribution in [2.24, 2.45) is 0 Å². The van der Waals surface area contributed by atoms with Gasteiger partial charge in [-0.25, -0.2) is 4.98 Å². The minimum Gasteiger partial charge on any atom is -0.375 e. The second-order valence-electron chi connectivity index (χ2n) is 4.70. The summed E-state index contributed by atoms with van der Waals surface area (Å²) < 4.78 is 42.2. The Labute approximate surface area is 120 Å². The highest BCUT2D eigenvalue weighted by atomic mass is 19.4. The molecule has 0 N–H and O–H groups in total. The van der Waals surface area contributed by atoms with Crippen LogP contribution < -0.4 is 4.90 Å². The van der Waals surface area contributed by atoms with Crippen LogP contribution in [0.15, 0.2) is 18.3 Å². The Hall–Kier alpha value is -1.83. The van der Waals surface area contributed by atoms with Crippen LogP contribution in [-0.2, 0) is 15.7 Å². The van der Waals surface area contributed by atoms with Crippen LogP contribution in [0, 0.1) is 0 Å². The molecule has 1 aromatic heterocycles. The van der Waals surface area contributed by atoms with E-state index in [9.17, 15) is 18.0 Å². The van der Waals surface area contributed by atoms with E-state index in [-0.39, 0.29) is 12.5 Å². The average molecular weight is 303 g/mol. The summed E-state index contributed by atoms with van der Waals surface area (Å²) in [6.45, 7) is 2.12. The van der Waals surface area contributed by atoms with E-state index in [1.165, 1.54) is 13.2 Å². The molecule has 1 saturated heterocycles. The Morgan fingerprint density at radius 3 is 2.43 bits per heavy atom. The van der Waals surface area contributed by atoms with Crippen LogP contribution in [0.5, 0.6) is 0 Å². The number of halogens is 3. The lowest BCUT2D eigenvalue weighted by Gasteiger charge is -2.35. The third-order valence-electron chi connectivity index (χ3n) is 3.30. The van der Waals surface area contributed by atoms with E-state index in [1.807, 2.05) is 4.90 Å². The molecule has 0 unspecified atom stereocenters. The van der Waals surface area contributed by atoms with Gasteiger partial charge in [-0.2, -0.15) is 13.2 Å². The number of pyridine rings is 1. The van der Waals surface area contributed by atoms with Gasteiger partial charge in [-0.15, -0.1) is 0 Å². The van der Waals surface area contributed by atoms with Gasteiger partial charge < -0.3 is 14.5 Å². The summed E-state index contributed by atoms with van der Waals surface area (Å²) in [5.74, 6) is 0.402. The van der Waals surface area contributed by atoms with Gasteiger partial charge in [-0.1, -0.05) is 0 Å². The molecule has 116 valence electrons. The summed E-state index contributed by atoms with van der Waals surface area (Å²) in [7, 11) is 1.46. The molecular weight excluding hydrogens is 287 g/mol. The van der Waals surface area contributed by atoms with Crippen molar-refractivity contribution in [1.82, 2.24) is 9.88 Å². The van der Waals surface area contributed by atoms with Crippen molar-refractivity contribution in [3.63, 3.8) is 0 Å². The van der Waals surface area contributed by atoms with Crippen molar-refractivity contribution in [3.8, 4) is 0 Å². The molecule has 1 aliphatic heterocycles. The molecule has 0 spiro atoms. The predicted molar refractivity (Wildman–Crippen MR) is 69.9 cm³/mol. The summed E-state index contributed by atoms with van der Waals surface area (Å²) in [5, 5.41) is 0. The standard InChI is InChI=1S/C13H16F3N3O2/c1-21-9-12(20)19-6-4-18(5-7-19)11-3-2-10(8-17-11)13(14,15)16/h2-3,8H,4-7,9H2,1H3. The summed E-state index contributed by atoms with van der Waals surface area (Å²) in [6, 6.07) is 2.38. The van der Waals surface area contributed by atoms with Gasteiger partial charge in [0.2, 0.25) is 5.91 Å². The van der Waals surface area contributed by atoms with Gasteiger partial charge in [0.1, 0.15) is 12.4 Å². The zero-order valence-corrected chi connectivity index (χ0v) is 11.6. The molecule has 0 radical (unpaired) electrons. The predicted octanol–water partition coefficient (Wildman–Crippen LogP) is 1.40. The van der Waals surface area contributed by atoms with Crippen molar-refractivity contribution in [2.45, 2.75) is 6.18 Å². The number of rotatable bonds is 3. The van der Waals surface area contributed by atoms with Crippen LogP contribution in [-0.4, -0.2) is 55.7 Å². The molecule has 1 fully saturated rings. The lowest BCUT2D eigenvalue weighted by Crippen LogP contribution is -2.50. The number of methoxy groups -OCH3 is 1. The van der Waals surface area contributed by atoms with Crippen molar-refractivity contribution >= 4 is 11.7 Å². The number of aromatic nitrogens is 1. The van der Waals surface area contributed by atoms with E-state index >= 15 is 0 Å². The molecule has 0 bridgehead atoms. The summed E-state index contributed by atoms with van der Waals surface area (Å²) in [6.07, 6.45) is -3.55. The Balaban J connectivity index is 1.95. The highest BCUT2D eigenvalue weighted by Gasteiger charge is 2.31. The van der Waals surface area contributed by atoms with Gasteiger partial charge in [-0.3, -0.25) is 4.79 Å². The van der Waals surface area contributed by atoms with Crippen molar-refractivity contribution in [2.75, 3.05) is 44.8 Å². The molecule has 0 atom stereocenters. The van der Waals surface area contributed by atoms with Gasteiger partial charge in [0, 0.05) is 39.5 Å². The van der Waals surface area contributed by atoms with Gasteiger partial charge in [0.15, 0.2) is 0 Å². The molecule has 2 rings (SSSR count). The van der Waals surface area contributed by atoms with Gasteiger partial charge in [0.25, 0.3) is 0 Å². The third-order valence-corrected chi connectivity index (χ3v) is 3.30. The number of carbonyl (C=O) groups excluding carboxylic acids is 1. The SMILES string of the molecule is COCC(=O)N1CCN(c2ccc(C(F)(F)F)cn2)CC1. The number of carbonyl (C=O) groups is 1. The first-order valence-electron chi connectivity index (χ1n) is 6.46. The zero-order chi connectivity index (χ0) is 15.5. The zero-order valence-electron chi connectivity index (χ0n) is 11.6. The van der Waals surface area contributed by atoms with Crippen LogP contribution in [0.3, 0.4) is 0 Å². The van der Waals surface area contributed by atoms with E-state index < -0.39 is 11.7 Å². The fraction of sp³-hybridized carbons (Fsp3) is 0.538. The quantitative estimate of drug-likeness (QED) is 0.847. The normalized spacial score (nSPS) is 16.2. The number of nitrogens with zero attached hydrogens (tertiary/aromatic N) is 3. The molecule has 8 heteroatoms. The first-order chi connectivity index (χ1) is 9.91. The van der Waals surface area contributed by atoms with Gasteiger partial charge in [-0.05, 0) is 12.1 Å². The fourth-order valence-corrected chi connectivity index (χ4v) is 2.14. The highest BCUT2D eigenvalue weighted by Crippen LogP contribution is 2.29. The number of ether oxygens (including phenoxy) is 1. The van der Waals surface area contributed by atoms with Gasteiger partial charge >= 0.3 is 6.18 Å².